The SMILES string of the molecule is CCCCc1ccc(C(=O)CN2C(=O)N[C@]3(CCCC[C@H]3C)C2=O)cc1. The number of rotatable bonds is 6. The Morgan fingerprint density at radius 2 is 1.96 bits per heavy atom. The summed E-state index contributed by atoms with van der Waals surface area (Å²) in [4.78, 5) is 39.0. The minimum Gasteiger partial charge on any atom is -0.323 e. The summed E-state index contributed by atoms with van der Waals surface area (Å²) in [5.41, 5.74) is 0.941. The van der Waals surface area contributed by atoms with Crippen LogP contribution in [-0.4, -0.2) is 34.7 Å². The summed E-state index contributed by atoms with van der Waals surface area (Å²) in [6, 6.07) is 7.07. The number of Topliss-reactive ketones (excluding diaryl/α,β-unsaturated/α-hetero) is 1. The highest BCUT2D eigenvalue weighted by molar-refractivity contribution is 6.11. The van der Waals surface area contributed by atoms with Crippen LogP contribution >= 0.6 is 0 Å². The average molecular weight is 356 g/mol. The fraction of sp³-hybridized carbons (Fsp3) is 0.571. The number of imide groups is 1. The molecule has 3 rings (SSSR count). The Balaban J connectivity index is 1.69. The molecule has 1 saturated heterocycles. The van der Waals surface area contributed by atoms with Crippen LogP contribution in [0.1, 0.15) is 68.3 Å². The van der Waals surface area contributed by atoms with Crippen LogP contribution < -0.4 is 5.32 Å². The van der Waals surface area contributed by atoms with Gasteiger partial charge in [-0.3, -0.25) is 14.5 Å². The van der Waals surface area contributed by atoms with Crippen LogP contribution in [0.3, 0.4) is 0 Å². The Morgan fingerprint density at radius 3 is 2.62 bits per heavy atom. The fourth-order valence-corrected chi connectivity index (χ4v) is 4.11. The Hall–Kier alpha value is -2.17. The Labute approximate surface area is 155 Å². The van der Waals surface area contributed by atoms with Crippen LogP contribution in [0.4, 0.5) is 4.79 Å². The highest BCUT2D eigenvalue weighted by Gasteiger charge is 2.55. The van der Waals surface area contributed by atoms with Gasteiger partial charge in [0.1, 0.15) is 5.54 Å². The van der Waals surface area contributed by atoms with Crippen molar-refractivity contribution in [3.05, 3.63) is 35.4 Å². The summed E-state index contributed by atoms with van der Waals surface area (Å²) in [5.74, 6) is -0.329. The van der Waals surface area contributed by atoms with Crippen molar-refractivity contribution in [1.82, 2.24) is 10.2 Å². The zero-order chi connectivity index (χ0) is 18.7. The second-order valence-corrected chi connectivity index (χ2v) is 7.66. The predicted molar refractivity (Wildman–Crippen MR) is 100.0 cm³/mol. The van der Waals surface area contributed by atoms with Gasteiger partial charge in [0.25, 0.3) is 5.91 Å². The third-order valence-corrected chi connectivity index (χ3v) is 5.90. The van der Waals surface area contributed by atoms with Gasteiger partial charge in [0.2, 0.25) is 0 Å². The third kappa shape index (κ3) is 3.39. The number of ketones is 1. The lowest BCUT2D eigenvalue weighted by atomic mass is 9.73. The van der Waals surface area contributed by atoms with E-state index in [9.17, 15) is 14.4 Å². The zero-order valence-corrected chi connectivity index (χ0v) is 15.7. The molecule has 1 N–H and O–H groups in total. The molecule has 1 spiro atoms. The van der Waals surface area contributed by atoms with E-state index in [0.29, 0.717) is 12.0 Å². The number of nitrogens with one attached hydrogen (secondary N) is 1. The van der Waals surface area contributed by atoms with Gasteiger partial charge in [-0.2, -0.15) is 0 Å². The highest BCUT2D eigenvalue weighted by atomic mass is 16.2. The van der Waals surface area contributed by atoms with E-state index in [0.717, 1.165) is 43.4 Å². The van der Waals surface area contributed by atoms with Crippen LogP contribution in [0.25, 0.3) is 0 Å². The van der Waals surface area contributed by atoms with Crippen molar-refractivity contribution in [2.45, 2.75) is 64.3 Å². The minimum absolute atomic E-state index is 0.102. The van der Waals surface area contributed by atoms with E-state index in [1.807, 2.05) is 19.1 Å². The first-order valence-electron chi connectivity index (χ1n) is 9.74. The van der Waals surface area contributed by atoms with E-state index >= 15 is 0 Å². The molecular formula is C21H28N2O3. The molecule has 1 aromatic carbocycles. The molecule has 2 atom stereocenters. The fourth-order valence-electron chi connectivity index (χ4n) is 4.11. The molecule has 1 saturated carbocycles. The van der Waals surface area contributed by atoms with Crippen molar-refractivity contribution >= 4 is 17.7 Å². The number of benzene rings is 1. The van der Waals surface area contributed by atoms with Crippen molar-refractivity contribution in [1.29, 1.82) is 0 Å². The number of urea groups is 1. The van der Waals surface area contributed by atoms with E-state index < -0.39 is 11.6 Å². The second-order valence-electron chi connectivity index (χ2n) is 7.66. The van der Waals surface area contributed by atoms with E-state index in [1.165, 1.54) is 5.56 Å². The Bertz CT molecular complexity index is 698. The topological polar surface area (TPSA) is 66.5 Å². The molecule has 0 unspecified atom stereocenters. The molecule has 2 aliphatic rings. The molecule has 1 aliphatic carbocycles. The van der Waals surface area contributed by atoms with Gasteiger partial charge in [0.05, 0.1) is 6.54 Å². The molecule has 0 aromatic heterocycles. The van der Waals surface area contributed by atoms with E-state index in [4.69, 9.17) is 0 Å². The van der Waals surface area contributed by atoms with Crippen LogP contribution in [0.15, 0.2) is 24.3 Å². The lowest BCUT2D eigenvalue weighted by Crippen LogP contribution is -2.54. The number of nitrogens with zero attached hydrogens (tertiary/aromatic N) is 1. The summed E-state index contributed by atoms with van der Waals surface area (Å²) in [6.07, 6.45) is 6.84. The van der Waals surface area contributed by atoms with Gasteiger partial charge in [0.15, 0.2) is 5.78 Å². The zero-order valence-electron chi connectivity index (χ0n) is 15.7. The van der Waals surface area contributed by atoms with E-state index in [-0.39, 0.29) is 24.2 Å². The van der Waals surface area contributed by atoms with Crippen LogP contribution in [-0.2, 0) is 11.2 Å². The second kappa shape index (κ2) is 7.60. The molecule has 26 heavy (non-hydrogen) atoms. The average Bonchev–Trinajstić information content (AvgIpc) is 2.88. The molecule has 1 heterocycles. The standard InChI is InChI=1S/C21H28N2O3/c1-3-4-8-16-9-11-17(12-10-16)18(24)14-23-19(25)21(22-20(23)26)13-6-5-7-15(21)2/h9-12,15H,3-8,13-14H2,1-2H3,(H,22,26)/t15-,21+/m1/s1. The molecule has 2 fully saturated rings. The molecular weight excluding hydrogens is 328 g/mol. The normalized spacial score (nSPS) is 25.6. The van der Waals surface area contributed by atoms with Crippen molar-refractivity contribution < 1.29 is 14.4 Å². The number of hydrogen-bond acceptors (Lipinski definition) is 3. The van der Waals surface area contributed by atoms with Gasteiger partial charge >= 0.3 is 6.03 Å². The molecule has 5 nitrogen and oxygen atoms in total. The summed E-state index contributed by atoms with van der Waals surface area (Å²) in [6.45, 7) is 3.97. The molecule has 140 valence electrons. The lowest BCUT2D eigenvalue weighted by molar-refractivity contribution is -0.133. The number of hydrogen-bond donors (Lipinski definition) is 1. The maximum absolute atomic E-state index is 12.9. The van der Waals surface area contributed by atoms with Gasteiger partial charge in [-0.1, -0.05) is 57.4 Å². The number of carbonyl (C=O) groups excluding carboxylic acids is 3. The smallest absolute Gasteiger partial charge is 0.323 e. The maximum Gasteiger partial charge on any atom is 0.325 e. The van der Waals surface area contributed by atoms with Gasteiger partial charge in [-0.05, 0) is 37.2 Å². The summed E-state index contributed by atoms with van der Waals surface area (Å²) in [7, 11) is 0. The molecule has 0 radical (unpaired) electrons. The first-order valence-corrected chi connectivity index (χ1v) is 9.74. The minimum atomic E-state index is -0.806. The molecule has 0 bridgehead atoms. The number of carbonyl (C=O) groups is 3. The monoisotopic (exact) mass is 356 g/mol. The third-order valence-electron chi connectivity index (χ3n) is 5.90. The molecule has 5 heteroatoms. The summed E-state index contributed by atoms with van der Waals surface area (Å²) in [5, 5.41) is 2.89. The molecule has 1 aromatic rings. The number of amides is 3. The van der Waals surface area contributed by atoms with Crippen molar-refractivity contribution in [3.63, 3.8) is 0 Å². The largest absolute Gasteiger partial charge is 0.325 e. The number of aryl methyl sites for hydroxylation is 1. The molecule has 3 amide bonds. The maximum atomic E-state index is 12.9. The quantitative estimate of drug-likeness (QED) is 0.624. The van der Waals surface area contributed by atoms with Gasteiger partial charge in [-0.15, -0.1) is 0 Å². The highest BCUT2D eigenvalue weighted by Crippen LogP contribution is 2.38. The van der Waals surface area contributed by atoms with Crippen LogP contribution in [0.5, 0.6) is 0 Å². The molecule has 1 aliphatic heterocycles. The van der Waals surface area contributed by atoms with Crippen molar-refractivity contribution in [3.8, 4) is 0 Å². The summed E-state index contributed by atoms with van der Waals surface area (Å²) >= 11 is 0. The van der Waals surface area contributed by atoms with E-state index in [2.05, 4.69) is 12.2 Å². The predicted octanol–water partition coefficient (Wildman–Crippen LogP) is 3.71. The van der Waals surface area contributed by atoms with Gasteiger partial charge < -0.3 is 5.32 Å². The van der Waals surface area contributed by atoms with Crippen LogP contribution in [0, 0.1) is 5.92 Å². The Kier molecular flexibility index (Phi) is 5.44. The lowest BCUT2D eigenvalue weighted by Gasteiger charge is -2.36. The van der Waals surface area contributed by atoms with Crippen molar-refractivity contribution in [2.75, 3.05) is 6.54 Å². The van der Waals surface area contributed by atoms with Gasteiger partial charge in [0, 0.05) is 5.56 Å². The summed E-state index contributed by atoms with van der Waals surface area (Å²) < 4.78 is 0. The Morgan fingerprint density at radius 1 is 1.23 bits per heavy atom. The van der Waals surface area contributed by atoms with E-state index in [1.54, 1.807) is 12.1 Å². The first kappa shape index (κ1) is 18.6. The number of unbranched alkanes of at least 4 members (excludes halogenated alkanes) is 1. The first-order chi connectivity index (χ1) is 12.5. The van der Waals surface area contributed by atoms with Gasteiger partial charge in [-0.25, -0.2) is 4.79 Å². The van der Waals surface area contributed by atoms with Crippen molar-refractivity contribution in [2.24, 2.45) is 5.92 Å². The van der Waals surface area contributed by atoms with Crippen LogP contribution in [0.2, 0.25) is 0 Å².